The maximum atomic E-state index is 5.72. The van der Waals surface area contributed by atoms with Crippen molar-refractivity contribution in [2.24, 2.45) is 5.92 Å². The molecule has 1 aromatic rings. The number of hydrogen-bond acceptors (Lipinski definition) is 2. The average Bonchev–Trinajstić information content (AvgIpc) is 2.41. The first-order valence-corrected chi connectivity index (χ1v) is 7.50. The third-order valence-electron chi connectivity index (χ3n) is 2.92. The first-order valence-electron chi connectivity index (χ1n) is 6.97. The number of methoxy groups -OCH3 is 1. The molecule has 3 heteroatoms. The van der Waals surface area contributed by atoms with E-state index >= 15 is 0 Å². The van der Waals surface area contributed by atoms with Crippen LogP contribution in [0.5, 0.6) is 5.75 Å². The van der Waals surface area contributed by atoms with Crippen LogP contribution in [0.4, 0.5) is 0 Å². The summed E-state index contributed by atoms with van der Waals surface area (Å²) in [5, 5.41) is 0. The average molecular weight is 285 g/mol. The lowest BCUT2D eigenvalue weighted by atomic mass is 10.0. The largest absolute Gasteiger partial charge is 0.496 e. The number of hydrogen-bond donors (Lipinski definition) is 0. The van der Waals surface area contributed by atoms with Crippen molar-refractivity contribution in [3.8, 4) is 5.75 Å². The van der Waals surface area contributed by atoms with Crippen LogP contribution in [-0.4, -0.2) is 26.2 Å². The molecular formula is C16H25ClO2. The van der Waals surface area contributed by atoms with Gasteiger partial charge in [-0.25, -0.2) is 0 Å². The Morgan fingerprint density at radius 1 is 1.21 bits per heavy atom. The Labute approximate surface area is 122 Å². The van der Waals surface area contributed by atoms with E-state index in [-0.39, 0.29) is 0 Å². The zero-order chi connectivity index (χ0) is 14.1. The summed E-state index contributed by atoms with van der Waals surface area (Å²) in [6, 6.07) is 6.41. The summed E-state index contributed by atoms with van der Waals surface area (Å²) >= 11 is 5.72. The minimum atomic E-state index is 0.583. The molecule has 0 radical (unpaired) electrons. The highest BCUT2D eigenvalue weighted by atomic mass is 35.5. The predicted octanol–water partition coefficient (Wildman–Crippen LogP) is 4.08. The molecule has 0 aliphatic carbocycles. The van der Waals surface area contributed by atoms with Crippen LogP contribution in [0.15, 0.2) is 18.2 Å². The highest BCUT2D eigenvalue weighted by Crippen LogP contribution is 2.21. The van der Waals surface area contributed by atoms with Crippen LogP contribution in [0.3, 0.4) is 0 Å². The van der Waals surface area contributed by atoms with Crippen LogP contribution in [0, 0.1) is 5.92 Å². The summed E-state index contributed by atoms with van der Waals surface area (Å²) in [5.41, 5.74) is 2.49. The maximum Gasteiger partial charge on any atom is 0.122 e. The van der Waals surface area contributed by atoms with Gasteiger partial charge in [0.1, 0.15) is 5.75 Å². The molecule has 0 heterocycles. The van der Waals surface area contributed by atoms with Gasteiger partial charge in [-0.15, -0.1) is 11.6 Å². The first kappa shape index (κ1) is 16.3. The fraction of sp³-hybridized carbons (Fsp3) is 0.625. The van der Waals surface area contributed by atoms with Gasteiger partial charge in [0.05, 0.1) is 13.7 Å². The van der Waals surface area contributed by atoms with Gasteiger partial charge >= 0.3 is 0 Å². The molecule has 0 unspecified atom stereocenters. The van der Waals surface area contributed by atoms with Crippen LogP contribution < -0.4 is 4.74 Å². The molecule has 108 valence electrons. The summed E-state index contributed by atoms with van der Waals surface area (Å²) in [4.78, 5) is 0. The number of halogens is 1. The van der Waals surface area contributed by atoms with Gasteiger partial charge < -0.3 is 9.47 Å². The van der Waals surface area contributed by atoms with Crippen LogP contribution >= 0.6 is 11.6 Å². The monoisotopic (exact) mass is 284 g/mol. The Kier molecular flexibility index (Phi) is 7.92. The highest BCUT2D eigenvalue weighted by molar-refractivity contribution is 6.17. The van der Waals surface area contributed by atoms with E-state index in [0.29, 0.717) is 11.8 Å². The van der Waals surface area contributed by atoms with Crippen molar-refractivity contribution in [1.29, 1.82) is 0 Å². The minimum absolute atomic E-state index is 0.583. The van der Waals surface area contributed by atoms with Crippen molar-refractivity contribution in [2.75, 3.05) is 26.2 Å². The second-order valence-electron chi connectivity index (χ2n) is 5.16. The van der Waals surface area contributed by atoms with Gasteiger partial charge in [-0.3, -0.25) is 0 Å². The fourth-order valence-electron chi connectivity index (χ4n) is 1.92. The minimum Gasteiger partial charge on any atom is -0.496 e. The standard InChI is InChI=1S/C16H25ClO2/c1-13(2)12-19-10-8-15-7-6-14(5-4-9-17)11-16(15)18-3/h6-7,11,13H,4-5,8-10,12H2,1-3H3. The molecule has 0 atom stereocenters. The Bertz CT molecular complexity index is 364. The summed E-state index contributed by atoms with van der Waals surface area (Å²) in [7, 11) is 1.72. The summed E-state index contributed by atoms with van der Waals surface area (Å²) in [6.07, 6.45) is 2.90. The molecule has 2 nitrogen and oxygen atoms in total. The lowest BCUT2D eigenvalue weighted by Crippen LogP contribution is -2.06. The number of rotatable bonds is 9. The van der Waals surface area contributed by atoms with Crippen LogP contribution in [-0.2, 0) is 17.6 Å². The molecule has 0 spiro atoms. The topological polar surface area (TPSA) is 18.5 Å². The Morgan fingerprint density at radius 3 is 2.63 bits per heavy atom. The van der Waals surface area contributed by atoms with E-state index in [9.17, 15) is 0 Å². The zero-order valence-corrected chi connectivity index (χ0v) is 13.0. The Hall–Kier alpha value is -0.730. The molecule has 19 heavy (non-hydrogen) atoms. The van der Waals surface area contributed by atoms with Gasteiger partial charge in [-0.2, -0.15) is 0 Å². The Morgan fingerprint density at radius 2 is 2.00 bits per heavy atom. The zero-order valence-electron chi connectivity index (χ0n) is 12.2. The summed E-state index contributed by atoms with van der Waals surface area (Å²) in [5.74, 6) is 2.24. The SMILES string of the molecule is COc1cc(CCCCl)ccc1CCOCC(C)C. The molecule has 0 aliphatic heterocycles. The van der Waals surface area contributed by atoms with Gasteiger partial charge in [0.2, 0.25) is 0 Å². The molecule has 1 aromatic carbocycles. The number of aryl methyl sites for hydroxylation is 1. The van der Waals surface area contributed by atoms with Gasteiger partial charge in [0.15, 0.2) is 0 Å². The molecule has 0 bridgehead atoms. The molecule has 0 fully saturated rings. The van der Waals surface area contributed by atoms with E-state index in [2.05, 4.69) is 32.0 Å². The van der Waals surface area contributed by atoms with E-state index in [4.69, 9.17) is 21.1 Å². The normalized spacial score (nSPS) is 11.0. The molecule has 0 saturated heterocycles. The van der Waals surface area contributed by atoms with Crippen LogP contribution in [0.25, 0.3) is 0 Å². The van der Waals surface area contributed by atoms with E-state index in [1.807, 2.05) is 0 Å². The lowest BCUT2D eigenvalue weighted by molar-refractivity contribution is 0.112. The third kappa shape index (κ3) is 6.31. The smallest absolute Gasteiger partial charge is 0.122 e. The van der Waals surface area contributed by atoms with Crippen molar-refractivity contribution in [1.82, 2.24) is 0 Å². The van der Waals surface area contributed by atoms with Gasteiger partial charge in [-0.05, 0) is 42.4 Å². The predicted molar refractivity (Wildman–Crippen MR) is 81.4 cm³/mol. The second kappa shape index (κ2) is 9.22. The van der Waals surface area contributed by atoms with Crippen molar-refractivity contribution in [3.63, 3.8) is 0 Å². The number of alkyl halides is 1. The number of ether oxygens (including phenoxy) is 2. The highest BCUT2D eigenvalue weighted by Gasteiger charge is 2.05. The van der Waals surface area contributed by atoms with Crippen molar-refractivity contribution >= 4 is 11.6 Å². The fourth-order valence-corrected chi connectivity index (χ4v) is 2.06. The van der Waals surface area contributed by atoms with Gasteiger partial charge in [-0.1, -0.05) is 26.0 Å². The van der Waals surface area contributed by atoms with E-state index < -0.39 is 0 Å². The maximum absolute atomic E-state index is 5.72. The van der Waals surface area contributed by atoms with Crippen molar-refractivity contribution < 1.29 is 9.47 Å². The van der Waals surface area contributed by atoms with E-state index in [1.54, 1.807) is 7.11 Å². The number of benzene rings is 1. The van der Waals surface area contributed by atoms with Crippen LogP contribution in [0.1, 0.15) is 31.4 Å². The van der Waals surface area contributed by atoms with E-state index in [1.165, 1.54) is 11.1 Å². The molecule has 0 saturated carbocycles. The molecule has 0 N–H and O–H groups in total. The third-order valence-corrected chi connectivity index (χ3v) is 3.18. The van der Waals surface area contributed by atoms with Crippen molar-refractivity contribution in [2.45, 2.75) is 33.1 Å². The molecule has 0 aromatic heterocycles. The molecule has 0 amide bonds. The molecular weight excluding hydrogens is 260 g/mol. The Balaban J connectivity index is 2.52. The van der Waals surface area contributed by atoms with Gasteiger partial charge in [0, 0.05) is 12.5 Å². The summed E-state index contributed by atoms with van der Waals surface area (Å²) < 4.78 is 11.1. The molecule has 0 aliphatic rings. The van der Waals surface area contributed by atoms with Crippen LogP contribution in [0.2, 0.25) is 0 Å². The van der Waals surface area contributed by atoms with E-state index in [0.717, 1.165) is 38.2 Å². The summed E-state index contributed by atoms with van der Waals surface area (Å²) in [6.45, 7) is 5.88. The second-order valence-corrected chi connectivity index (χ2v) is 5.54. The molecule has 1 rings (SSSR count). The van der Waals surface area contributed by atoms with Gasteiger partial charge in [0.25, 0.3) is 0 Å². The van der Waals surface area contributed by atoms with Crippen molar-refractivity contribution in [3.05, 3.63) is 29.3 Å². The quantitative estimate of drug-likeness (QED) is 0.502. The first-order chi connectivity index (χ1) is 9.17. The lowest BCUT2D eigenvalue weighted by Gasteiger charge is -2.11.